The average molecular weight is 242 g/mol. The number of benzene rings is 2. The molecule has 0 amide bonds. The predicted octanol–water partition coefficient (Wildman–Crippen LogP) is 2.97. The van der Waals surface area contributed by atoms with E-state index in [2.05, 4.69) is 23.1 Å². The number of hydrogen-bond acceptors (Lipinski definition) is 2. The number of fused-ring (bicyclic) bond motifs is 1. The molecule has 0 unspecified atom stereocenters. The topological polar surface area (TPSA) is 29.3 Å². The molecule has 0 aromatic heterocycles. The fraction of sp³-hybridized carbons (Fsp3) is 0.200. The molecule has 2 aromatic rings. The fourth-order valence-electron chi connectivity index (χ4n) is 2.50. The molecule has 0 saturated heterocycles. The molecule has 0 fully saturated rings. The first-order chi connectivity index (χ1) is 8.75. The summed E-state index contributed by atoms with van der Waals surface area (Å²) in [5.74, 6) is -0.333. The van der Waals surface area contributed by atoms with Crippen molar-refractivity contribution in [3.8, 4) is 0 Å². The van der Waals surface area contributed by atoms with Crippen LogP contribution in [-0.4, -0.2) is 6.54 Å². The van der Waals surface area contributed by atoms with Gasteiger partial charge in [0.25, 0.3) is 0 Å². The van der Waals surface area contributed by atoms with Gasteiger partial charge in [-0.3, -0.25) is 0 Å². The van der Waals surface area contributed by atoms with Gasteiger partial charge in [-0.25, -0.2) is 4.39 Å². The molecule has 0 aliphatic carbocycles. The molecule has 18 heavy (non-hydrogen) atoms. The van der Waals surface area contributed by atoms with Gasteiger partial charge in [-0.15, -0.1) is 0 Å². The van der Waals surface area contributed by atoms with Crippen LogP contribution in [-0.2, 0) is 13.0 Å². The van der Waals surface area contributed by atoms with Crippen LogP contribution in [0, 0.1) is 5.82 Å². The normalized spacial score (nSPS) is 13.7. The van der Waals surface area contributed by atoms with Crippen molar-refractivity contribution in [1.82, 2.24) is 0 Å². The van der Waals surface area contributed by atoms with Crippen molar-refractivity contribution in [1.29, 1.82) is 0 Å². The highest BCUT2D eigenvalue weighted by molar-refractivity contribution is 5.59. The number of nitrogens with zero attached hydrogens (tertiary/aromatic N) is 1. The summed E-state index contributed by atoms with van der Waals surface area (Å²) in [4.78, 5) is 2.25. The molecule has 0 radical (unpaired) electrons. The van der Waals surface area contributed by atoms with Crippen molar-refractivity contribution in [2.45, 2.75) is 13.0 Å². The van der Waals surface area contributed by atoms with E-state index >= 15 is 0 Å². The second-order valence-corrected chi connectivity index (χ2v) is 4.61. The number of anilines is 2. The lowest BCUT2D eigenvalue weighted by Gasteiger charge is -2.20. The maximum atomic E-state index is 13.4. The minimum atomic E-state index is -0.333. The lowest BCUT2D eigenvalue weighted by Crippen LogP contribution is -2.20. The third-order valence-electron chi connectivity index (χ3n) is 3.49. The second-order valence-electron chi connectivity index (χ2n) is 4.61. The summed E-state index contributed by atoms with van der Waals surface area (Å²) in [5, 5.41) is 0. The van der Waals surface area contributed by atoms with E-state index in [0.29, 0.717) is 6.54 Å². The number of halogens is 1. The highest BCUT2D eigenvalue weighted by Crippen LogP contribution is 2.30. The maximum absolute atomic E-state index is 13.4. The van der Waals surface area contributed by atoms with Gasteiger partial charge in [0.05, 0.1) is 5.69 Å². The zero-order valence-corrected chi connectivity index (χ0v) is 10.1. The van der Waals surface area contributed by atoms with Gasteiger partial charge in [-0.1, -0.05) is 30.3 Å². The number of hydrogen-bond donors (Lipinski definition) is 1. The van der Waals surface area contributed by atoms with Crippen LogP contribution in [0.5, 0.6) is 0 Å². The van der Waals surface area contributed by atoms with Gasteiger partial charge in [0, 0.05) is 18.8 Å². The summed E-state index contributed by atoms with van der Waals surface area (Å²) in [6.07, 6.45) is 1.05. The van der Waals surface area contributed by atoms with E-state index in [4.69, 9.17) is 5.73 Å². The number of nitrogens with two attached hydrogens (primary N) is 1. The fourth-order valence-corrected chi connectivity index (χ4v) is 2.50. The van der Waals surface area contributed by atoms with E-state index in [9.17, 15) is 4.39 Å². The Kier molecular flexibility index (Phi) is 2.67. The standard InChI is InChI=1S/C15H15FN2/c16-13-6-3-5-12(15(13)17)10-18-9-8-11-4-1-2-7-14(11)18/h1-7H,8-10,17H2. The van der Waals surface area contributed by atoms with Gasteiger partial charge in [0.15, 0.2) is 0 Å². The molecule has 3 heteroatoms. The lowest BCUT2D eigenvalue weighted by atomic mass is 10.1. The van der Waals surface area contributed by atoms with Crippen molar-refractivity contribution >= 4 is 11.4 Å². The smallest absolute Gasteiger partial charge is 0.146 e. The monoisotopic (exact) mass is 242 g/mol. The first-order valence-electron chi connectivity index (χ1n) is 6.11. The van der Waals surface area contributed by atoms with Crippen molar-refractivity contribution < 1.29 is 4.39 Å². The summed E-state index contributed by atoms with van der Waals surface area (Å²) in [6, 6.07) is 13.3. The van der Waals surface area contributed by atoms with Gasteiger partial charge in [0.1, 0.15) is 5.82 Å². The number of nitrogen functional groups attached to an aromatic ring is 1. The van der Waals surface area contributed by atoms with Crippen LogP contribution in [0.15, 0.2) is 42.5 Å². The first kappa shape index (κ1) is 11.1. The molecule has 0 atom stereocenters. The lowest BCUT2D eigenvalue weighted by molar-refractivity contribution is 0.630. The van der Waals surface area contributed by atoms with Crippen LogP contribution >= 0.6 is 0 Å². The van der Waals surface area contributed by atoms with E-state index in [0.717, 1.165) is 18.5 Å². The molecule has 0 spiro atoms. The summed E-state index contributed by atoms with van der Waals surface area (Å²) in [5.41, 5.74) is 9.49. The molecule has 2 nitrogen and oxygen atoms in total. The third-order valence-corrected chi connectivity index (χ3v) is 3.49. The molecule has 2 aromatic carbocycles. The van der Waals surface area contributed by atoms with Crippen molar-refractivity contribution in [3.63, 3.8) is 0 Å². The van der Waals surface area contributed by atoms with Crippen LogP contribution in [0.4, 0.5) is 15.8 Å². The molecule has 3 rings (SSSR count). The van der Waals surface area contributed by atoms with E-state index in [1.165, 1.54) is 17.3 Å². The maximum Gasteiger partial charge on any atom is 0.146 e. The van der Waals surface area contributed by atoms with Crippen LogP contribution in [0.3, 0.4) is 0 Å². The summed E-state index contributed by atoms with van der Waals surface area (Å²) >= 11 is 0. The zero-order chi connectivity index (χ0) is 12.5. The van der Waals surface area contributed by atoms with E-state index in [-0.39, 0.29) is 11.5 Å². The van der Waals surface area contributed by atoms with Crippen LogP contribution in [0.1, 0.15) is 11.1 Å². The Morgan fingerprint density at radius 3 is 2.83 bits per heavy atom. The van der Waals surface area contributed by atoms with Crippen LogP contribution < -0.4 is 10.6 Å². The predicted molar refractivity (Wildman–Crippen MR) is 72.0 cm³/mol. The van der Waals surface area contributed by atoms with Gasteiger partial charge >= 0.3 is 0 Å². The Labute approximate surface area is 106 Å². The van der Waals surface area contributed by atoms with Crippen molar-refractivity contribution in [3.05, 3.63) is 59.4 Å². The number of rotatable bonds is 2. The minimum Gasteiger partial charge on any atom is -0.396 e. The highest BCUT2D eigenvalue weighted by Gasteiger charge is 2.19. The SMILES string of the molecule is Nc1c(F)cccc1CN1CCc2ccccc21. The summed E-state index contributed by atoms with van der Waals surface area (Å²) < 4.78 is 13.4. The molecule has 1 heterocycles. The van der Waals surface area contributed by atoms with Crippen molar-refractivity contribution in [2.75, 3.05) is 17.2 Å². The van der Waals surface area contributed by atoms with Gasteiger partial charge in [-0.2, -0.15) is 0 Å². The van der Waals surface area contributed by atoms with Gasteiger partial charge in [0.2, 0.25) is 0 Å². The van der Waals surface area contributed by atoms with E-state index < -0.39 is 0 Å². The molecule has 1 aliphatic rings. The largest absolute Gasteiger partial charge is 0.396 e. The van der Waals surface area contributed by atoms with E-state index in [1.807, 2.05) is 12.1 Å². The Morgan fingerprint density at radius 2 is 1.94 bits per heavy atom. The molecule has 0 bridgehead atoms. The van der Waals surface area contributed by atoms with E-state index in [1.54, 1.807) is 6.07 Å². The average Bonchev–Trinajstić information content (AvgIpc) is 2.79. The molecule has 1 aliphatic heterocycles. The second kappa shape index (κ2) is 4.33. The highest BCUT2D eigenvalue weighted by atomic mass is 19.1. The zero-order valence-electron chi connectivity index (χ0n) is 10.1. The third kappa shape index (κ3) is 1.82. The van der Waals surface area contributed by atoms with Crippen LogP contribution in [0.2, 0.25) is 0 Å². The van der Waals surface area contributed by atoms with Gasteiger partial charge in [-0.05, 0) is 29.7 Å². The Bertz CT molecular complexity index is 580. The molecule has 2 N–H and O–H groups in total. The summed E-state index contributed by atoms with van der Waals surface area (Å²) in [7, 11) is 0. The quantitative estimate of drug-likeness (QED) is 0.820. The molecular formula is C15H15FN2. The minimum absolute atomic E-state index is 0.266. The first-order valence-corrected chi connectivity index (χ1v) is 6.11. The number of para-hydroxylation sites is 2. The summed E-state index contributed by atoms with van der Waals surface area (Å²) in [6.45, 7) is 1.63. The van der Waals surface area contributed by atoms with Crippen molar-refractivity contribution in [2.24, 2.45) is 0 Å². The van der Waals surface area contributed by atoms with Gasteiger partial charge < -0.3 is 10.6 Å². The molecular weight excluding hydrogens is 227 g/mol. The molecule has 0 saturated carbocycles. The molecule has 92 valence electrons. The Hall–Kier alpha value is -2.03. The Morgan fingerprint density at radius 1 is 1.11 bits per heavy atom. The van der Waals surface area contributed by atoms with Crippen LogP contribution in [0.25, 0.3) is 0 Å². The Balaban J connectivity index is 1.89.